The van der Waals surface area contributed by atoms with Crippen molar-refractivity contribution in [3.05, 3.63) is 72.1 Å². The maximum absolute atomic E-state index is 12.5. The second-order valence-corrected chi connectivity index (χ2v) is 7.08. The SMILES string of the molecule is Cc1cccc(-n2ccnc2SCC(=O)NCc2ccccc2OC(F)(F)F)c1. The maximum Gasteiger partial charge on any atom is 0.573 e. The van der Waals surface area contributed by atoms with E-state index in [1.807, 2.05) is 35.8 Å². The summed E-state index contributed by atoms with van der Waals surface area (Å²) in [7, 11) is 0. The Hall–Kier alpha value is -2.94. The molecule has 0 aliphatic heterocycles. The molecule has 0 saturated carbocycles. The van der Waals surface area contributed by atoms with Gasteiger partial charge in [-0.15, -0.1) is 13.2 Å². The molecule has 152 valence electrons. The van der Waals surface area contributed by atoms with Crippen LogP contribution in [0.2, 0.25) is 0 Å². The quantitative estimate of drug-likeness (QED) is 0.572. The van der Waals surface area contributed by atoms with Crippen LogP contribution in [0.15, 0.2) is 66.1 Å². The number of carbonyl (C=O) groups is 1. The van der Waals surface area contributed by atoms with E-state index in [9.17, 15) is 18.0 Å². The largest absolute Gasteiger partial charge is 0.573 e. The van der Waals surface area contributed by atoms with Crippen molar-refractivity contribution >= 4 is 17.7 Å². The zero-order chi connectivity index (χ0) is 20.9. The molecule has 1 N–H and O–H groups in total. The minimum atomic E-state index is -4.79. The molecule has 0 atom stereocenters. The maximum atomic E-state index is 12.5. The summed E-state index contributed by atoms with van der Waals surface area (Å²) in [5.41, 5.74) is 2.28. The molecular formula is C20H18F3N3O2S. The van der Waals surface area contributed by atoms with Gasteiger partial charge in [-0.05, 0) is 30.7 Å². The number of para-hydroxylation sites is 1. The van der Waals surface area contributed by atoms with Gasteiger partial charge in [0.2, 0.25) is 5.91 Å². The Morgan fingerprint density at radius 3 is 2.76 bits per heavy atom. The third-order valence-electron chi connectivity index (χ3n) is 3.89. The highest BCUT2D eigenvalue weighted by molar-refractivity contribution is 7.99. The van der Waals surface area contributed by atoms with Gasteiger partial charge in [-0.2, -0.15) is 0 Å². The number of nitrogens with zero attached hydrogens (tertiary/aromatic N) is 2. The summed E-state index contributed by atoms with van der Waals surface area (Å²) in [6, 6.07) is 13.6. The zero-order valence-electron chi connectivity index (χ0n) is 15.4. The molecule has 0 fully saturated rings. The van der Waals surface area contributed by atoms with Gasteiger partial charge in [0.05, 0.1) is 5.75 Å². The first-order chi connectivity index (χ1) is 13.8. The van der Waals surface area contributed by atoms with Crippen LogP contribution in [0.5, 0.6) is 5.75 Å². The van der Waals surface area contributed by atoms with Crippen LogP contribution in [-0.2, 0) is 11.3 Å². The normalized spacial score (nSPS) is 11.3. The Labute approximate surface area is 169 Å². The van der Waals surface area contributed by atoms with Crippen molar-refractivity contribution in [1.82, 2.24) is 14.9 Å². The molecule has 0 aliphatic rings. The summed E-state index contributed by atoms with van der Waals surface area (Å²) in [6.45, 7) is 1.92. The van der Waals surface area contributed by atoms with E-state index in [1.165, 1.54) is 30.0 Å². The number of halogens is 3. The molecule has 3 rings (SSSR count). The zero-order valence-corrected chi connectivity index (χ0v) is 16.3. The number of hydrogen-bond acceptors (Lipinski definition) is 4. The van der Waals surface area contributed by atoms with Gasteiger partial charge in [-0.3, -0.25) is 9.36 Å². The summed E-state index contributed by atoms with van der Waals surface area (Å²) in [4.78, 5) is 16.4. The molecule has 0 radical (unpaired) electrons. The van der Waals surface area contributed by atoms with Gasteiger partial charge in [0.1, 0.15) is 5.75 Å². The minimum Gasteiger partial charge on any atom is -0.405 e. The predicted molar refractivity (Wildman–Crippen MR) is 104 cm³/mol. The number of carbonyl (C=O) groups excluding carboxylic acids is 1. The number of nitrogens with one attached hydrogen (secondary N) is 1. The minimum absolute atomic E-state index is 0.0715. The van der Waals surface area contributed by atoms with Crippen LogP contribution < -0.4 is 10.1 Å². The molecule has 0 saturated heterocycles. The highest BCUT2D eigenvalue weighted by atomic mass is 32.2. The third-order valence-corrected chi connectivity index (χ3v) is 4.86. The van der Waals surface area contributed by atoms with Crippen LogP contribution in [0.25, 0.3) is 5.69 Å². The number of aromatic nitrogens is 2. The van der Waals surface area contributed by atoms with Crippen molar-refractivity contribution in [3.8, 4) is 11.4 Å². The summed E-state index contributed by atoms with van der Waals surface area (Å²) in [5, 5.41) is 3.26. The van der Waals surface area contributed by atoms with Crippen molar-refractivity contribution in [2.75, 3.05) is 5.75 Å². The number of rotatable bonds is 7. The number of aryl methyl sites for hydroxylation is 1. The van der Waals surface area contributed by atoms with Crippen molar-refractivity contribution in [2.45, 2.75) is 25.0 Å². The van der Waals surface area contributed by atoms with E-state index in [1.54, 1.807) is 18.5 Å². The standard InChI is InChI=1S/C20H18F3N3O2S/c1-14-5-4-7-16(11-14)26-10-9-24-19(26)29-13-18(27)25-12-15-6-2-3-8-17(15)28-20(21,22)23/h2-11H,12-13H2,1H3,(H,25,27). The number of alkyl halides is 3. The lowest BCUT2D eigenvalue weighted by Gasteiger charge is -2.13. The molecule has 1 aromatic heterocycles. The van der Waals surface area contributed by atoms with E-state index in [2.05, 4.69) is 15.0 Å². The first-order valence-electron chi connectivity index (χ1n) is 8.65. The van der Waals surface area contributed by atoms with Gasteiger partial charge in [0, 0.05) is 30.2 Å². The molecular weight excluding hydrogens is 403 g/mol. The van der Waals surface area contributed by atoms with E-state index >= 15 is 0 Å². The molecule has 0 aliphatic carbocycles. The Morgan fingerprint density at radius 1 is 1.21 bits per heavy atom. The highest BCUT2D eigenvalue weighted by Gasteiger charge is 2.31. The van der Waals surface area contributed by atoms with E-state index in [0.29, 0.717) is 5.16 Å². The smallest absolute Gasteiger partial charge is 0.405 e. The number of ether oxygens (including phenoxy) is 1. The number of imidazole rings is 1. The van der Waals surface area contributed by atoms with Crippen LogP contribution in [0, 0.1) is 6.92 Å². The second kappa shape index (κ2) is 9.04. The van der Waals surface area contributed by atoms with Crippen molar-refractivity contribution in [3.63, 3.8) is 0 Å². The average molecular weight is 421 g/mol. The summed E-state index contributed by atoms with van der Waals surface area (Å²) >= 11 is 1.24. The van der Waals surface area contributed by atoms with Gasteiger partial charge in [0.15, 0.2) is 5.16 Å². The molecule has 29 heavy (non-hydrogen) atoms. The van der Waals surface area contributed by atoms with E-state index in [0.717, 1.165) is 11.3 Å². The molecule has 3 aromatic rings. The Morgan fingerprint density at radius 2 is 2.00 bits per heavy atom. The average Bonchev–Trinajstić information content (AvgIpc) is 3.13. The Balaban J connectivity index is 1.58. The van der Waals surface area contributed by atoms with Crippen LogP contribution in [0.1, 0.15) is 11.1 Å². The Kier molecular flexibility index (Phi) is 6.48. The van der Waals surface area contributed by atoms with Crippen LogP contribution in [-0.4, -0.2) is 27.6 Å². The number of benzene rings is 2. The van der Waals surface area contributed by atoms with Gasteiger partial charge in [0.25, 0.3) is 0 Å². The predicted octanol–water partition coefficient (Wildman–Crippen LogP) is 4.49. The van der Waals surface area contributed by atoms with Crippen molar-refractivity contribution in [2.24, 2.45) is 0 Å². The van der Waals surface area contributed by atoms with E-state index in [-0.39, 0.29) is 29.5 Å². The van der Waals surface area contributed by atoms with Crippen LogP contribution in [0.4, 0.5) is 13.2 Å². The molecule has 9 heteroatoms. The highest BCUT2D eigenvalue weighted by Crippen LogP contribution is 2.26. The Bertz CT molecular complexity index is 989. The van der Waals surface area contributed by atoms with Crippen LogP contribution in [0.3, 0.4) is 0 Å². The first-order valence-corrected chi connectivity index (χ1v) is 9.64. The summed E-state index contributed by atoms with van der Waals surface area (Å²) in [5.74, 6) is -0.580. The lowest BCUT2D eigenvalue weighted by Crippen LogP contribution is -2.26. The fourth-order valence-corrected chi connectivity index (χ4v) is 3.42. The monoisotopic (exact) mass is 421 g/mol. The van der Waals surface area contributed by atoms with Gasteiger partial charge in [-0.25, -0.2) is 4.98 Å². The molecule has 0 bridgehead atoms. The first kappa shape index (κ1) is 20.8. The molecule has 0 unspecified atom stereocenters. The fraction of sp³-hybridized carbons (Fsp3) is 0.200. The van der Waals surface area contributed by atoms with Crippen molar-refractivity contribution < 1.29 is 22.7 Å². The molecule has 0 spiro atoms. The molecule has 1 heterocycles. The van der Waals surface area contributed by atoms with E-state index < -0.39 is 6.36 Å². The third kappa shape index (κ3) is 6.02. The summed E-state index contributed by atoms with van der Waals surface area (Å²) in [6.07, 6.45) is -1.34. The number of hydrogen-bond donors (Lipinski definition) is 1. The fourth-order valence-electron chi connectivity index (χ4n) is 2.62. The molecule has 5 nitrogen and oxygen atoms in total. The lowest BCUT2D eigenvalue weighted by molar-refractivity contribution is -0.274. The molecule has 1 amide bonds. The van der Waals surface area contributed by atoms with Crippen LogP contribution >= 0.6 is 11.8 Å². The topological polar surface area (TPSA) is 56.2 Å². The lowest BCUT2D eigenvalue weighted by atomic mass is 10.2. The second-order valence-electron chi connectivity index (χ2n) is 6.14. The number of thioether (sulfide) groups is 1. The van der Waals surface area contributed by atoms with E-state index in [4.69, 9.17) is 0 Å². The van der Waals surface area contributed by atoms with Gasteiger partial charge < -0.3 is 10.1 Å². The molecule has 2 aromatic carbocycles. The van der Waals surface area contributed by atoms with Gasteiger partial charge >= 0.3 is 6.36 Å². The summed E-state index contributed by atoms with van der Waals surface area (Å²) < 4.78 is 43.3. The van der Waals surface area contributed by atoms with Crippen molar-refractivity contribution in [1.29, 1.82) is 0 Å². The van der Waals surface area contributed by atoms with Gasteiger partial charge in [-0.1, -0.05) is 42.1 Å². The number of amides is 1.